The number of halogens is 1. The van der Waals surface area contributed by atoms with E-state index in [4.69, 9.17) is 9.84 Å². The van der Waals surface area contributed by atoms with Crippen molar-refractivity contribution in [3.8, 4) is 5.75 Å². The van der Waals surface area contributed by atoms with Crippen LogP contribution >= 0.6 is 0 Å². The molecule has 7 heteroatoms. The van der Waals surface area contributed by atoms with Crippen LogP contribution in [0.5, 0.6) is 5.75 Å². The van der Waals surface area contributed by atoms with Gasteiger partial charge >= 0.3 is 5.97 Å². The van der Waals surface area contributed by atoms with Gasteiger partial charge in [-0.15, -0.1) is 0 Å². The quantitative estimate of drug-likeness (QED) is 0.878. The molecule has 0 fully saturated rings. The molecule has 0 bridgehead atoms. The number of hydrogen-bond donors (Lipinski definition) is 2. The van der Waals surface area contributed by atoms with Gasteiger partial charge in [0.2, 0.25) is 0 Å². The number of amides is 1. The minimum Gasteiger partial charge on any atom is -0.482 e. The van der Waals surface area contributed by atoms with Crippen LogP contribution in [0.1, 0.15) is 10.5 Å². The number of aromatic nitrogens is 1. The summed E-state index contributed by atoms with van der Waals surface area (Å²) in [6, 6.07) is 7.99. The molecule has 0 aliphatic heterocycles. The van der Waals surface area contributed by atoms with Gasteiger partial charge in [0.1, 0.15) is 17.3 Å². The molecule has 2 aromatic rings. The van der Waals surface area contributed by atoms with Gasteiger partial charge in [-0.3, -0.25) is 4.79 Å². The monoisotopic (exact) mass is 290 g/mol. The highest BCUT2D eigenvalue weighted by molar-refractivity contribution is 5.91. The number of benzene rings is 1. The number of anilines is 1. The van der Waals surface area contributed by atoms with Gasteiger partial charge in [-0.2, -0.15) is 0 Å². The van der Waals surface area contributed by atoms with Crippen LogP contribution in [-0.4, -0.2) is 28.6 Å². The van der Waals surface area contributed by atoms with Gasteiger partial charge in [-0.1, -0.05) is 0 Å². The molecule has 21 heavy (non-hydrogen) atoms. The lowest BCUT2D eigenvalue weighted by molar-refractivity contribution is -0.118. The zero-order chi connectivity index (χ0) is 15.2. The number of carboxylic acids is 1. The number of carbonyl (C=O) groups is 2. The van der Waals surface area contributed by atoms with Crippen LogP contribution in [0.15, 0.2) is 42.6 Å². The minimum absolute atomic E-state index is 0.113. The molecule has 1 aromatic carbocycles. The maximum absolute atomic E-state index is 12.7. The van der Waals surface area contributed by atoms with E-state index in [1.807, 2.05) is 0 Å². The molecule has 0 spiro atoms. The van der Waals surface area contributed by atoms with E-state index in [0.717, 1.165) is 0 Å². The lowest BCUT2D eigenvalue weighted by atomic mass is 10.3. The molecule has 0 aliphatic rings. The highest BCUT2D eigenvalue weighted by atomic mass is 19.1. The first-order valence-electron chi connectivity index (χ1n) is 5.92. The summed E-state index contributed by atoms with van der Waals surface area (Å²) >= 11 is 0. The van der Waals surface area contributed by atoms with E-state index in [1.54, 1.807) is 0 Å². The number of pyridine rings is 1. The lowest BCUT2D eigenvalue weighted by Gasteiger charge is -2.07. The number of nitrogens with zero attached hydrogens (tertiary/aromatic N) is 1. The molecule has 0 aliphatic carbocycles. The molecule has 1 aromatic heterocycles. The van der Waals surface area contributed by atoms with E-state index >= 15 is 0 Å². The Labute approximate surface area is 119 Å². The number of hydrogen-bond acceptors (Lipinski definition) is 4. The normalized spacial score (nSPS) is 9.95. The fraction of sp³-hybridized carbons (Fsp3) is 0.0714. The third kappa shape index (κ3) is 4.27. The predicted octanol–water partition coefficient (Wildman–Crippen LogP) is 1.94. The van der Waals surface area contributed by atoms with Crippen molar-refractivity contribution >= 4 is 17.6 Å². The molecule has 108 valence electrons. The second-order valence-electron chi connectivity index (χ2n) is 4.03. The summed E-state index contributed by atoms with van der Waals surface area (Å²) in [6.07, 6.45) is 1.22. The second-order valence-corrected chi connectivity index (χ2v) is 4.03. The third-order valence-corrected chi connectivity index (χ3v) is 2.45. The minimum atomic E-state index is -1.14. The van der Waals surface area contributed by atoms with Gasteiger partial charge in [0.15, 0.2) is 6.61 Å². The van der Waals surface area contributed by atoms with Gasteiger partial charge in [0, 0.05) is 5.69 Å². The smallest absolute Gasteiger partial charge is 0.354 e. The van der Waals surface area contributed by atoms with E-state index in [2.05, 4.69) is 10.3 Å². The highest BCUT2D eigenvalue weighted by Crippen LogP contribution is 2.10. The highest BCUT2D eigenvalue weighted by Gasteiger charge is 2.06. The lowest BCUT2D eigenvalue weighted by Crippen LogP contribution is -2.20. The average Bonchev–Trinajstić information content (AvgIpc) is 2.48. The zero-order valence-electron chi connectivity index (χ0n) is 10.7. The summed E-state index contributed by atoms with van der Waals surface area (Å²) in [5.74, 6) is -1.69. The van der Waals surface area contributed by atoms with Gasteiger partial charge in [-0.05, 0) is 36.4 Å². The van der Waals surface area contributed by atoms with Crippen molar-refractivity contribution in [3.05, 3.63) is 54.1 Å². The van der Waals surface area contributed by atoms with Crippen molar-refractivity contribution < 1.29 is 23.8 Å². The molecule has 2 rings (SSSR count). The van der Waals surface area contributed by atoms with E-state index in [0.29, 0.717) is 5.69 Å². The molecule has 6 nitrogen and oxygen atoms in total. The molecule has 0 atom stereocenters. The Balaban J connectivity index is 1.86. The zero-order valence-corrected chi connectivity index (χ0v) is 10.7. The fourth-order valence-corrected chi connectivity index (χ4v) is 1.47. The van der Waals surface area contributed by atoms with E-state index in [-0.39, 0.29) is 18.1 Å². The van der Waals surface area contributed by atoms with Gasteiger partial charge in [0.25, 0.3) is 5.91 Å². The van der Waals surface area contributed by atoms with Crippen LogP contribution in [0.3, 0.4) is 0 Å². The van der Waals surface area contributed by atoms with Crippen molar-refractivity contribution in [3.63, 3.8) is 0 Å². The first-order chi connectivity index (χ1) is 10.0. The largest absolute Gasteiger partial charge is 0.482 e. The Morgan fingerprint density at radius 3 is 2.48 bits per heavy atom. The topological polar surface area (TPSA) is 88.5 Å². The SMILES string of the molecule is O=C(COc1ccc(C(=O)O)nc1)Nc1ccc(F)cc1. The third-order valence-electron chi connectivity index (χ3n) is 2.45. The van der Waals surface area contributed by atoms with Crippen LogP contribution in [0.2, 0.25) is 0 Å². The van der Waals surface area contributed by atoms with Crippen LogP contribution in [0.4, 0.5) is 10.1 Å². The molecule has 0 saturated carbocycles. The summed E-state index contributed by atoms with van der Waals surface area (Å²) in [5.41, 5.74) is 0.336. The molecule has 1 amide bonds. The van der Waals surface area contributed by atoms with E-state index in [9.17, 15) is 14.0 Å². The maximum Gasteiger partial charge on any atom is 0.354 e. The molecule has 0 unspecified atom stereocenters. The average molecular weight is 290 g/mol. The number of carbonyl (C=O) groups excluding carboxylic acids is 1. The summed E-state index contributed by atoms with van der Waals surface area (Å²) in [6.45, 7) is -0.272. The first-order valence-corrected chi connectivity index (χ1v) is 5.92. The number of aromatic carboxylic acids is 1. The summed E-state index contributed by atoms with van der Waals surface area (Å²) in [4.78, 5) is 25.9. The Bertz CT molecular complexity index is 641. The molecular weight excluding hydrogens is 279 g/mol. The number of nitrogens with one attached hydrogen (secondary N) is 1. The molecule has 0 saturated heterocycles. The van der Waals surface area contributed by atoms with Gasteiger partial charge in [0.05, 0.1) is 6.20 Å². The number of ether oxygens (including phenoxy) is 1. The van der Waals surface area contributed by atoms with E-state index in [1.165, 1.54) is 42.6 Å². The van der Waals surface area contributed by atoms with Crippen molar-refractivity contribution in [1.29, 1.82) is 0 Å². The van der Waals surface area contributed by atoms with Crippen LogP contribution in [-0.2, 0) is 4.79 Å². The standard InChI is InChI=1S/C14H11FN2O4/c15-9-1-3-10(4-2-9)17-13(18)8-21-11-5-6-12(14(19)20)16-7-11/h1-7H,8H2,(H,17,18)(H,19,20). The molecule has 0 radical (unpaired) electrons. The summed E-state index contributed by atoms with van der Waals surface area (Å²) < 4.78 is 17.9. The van der Waals surface area contributed by atoms with Gasteiger partial charge < -0.3 is 15.2 Å². The molecule has 1 heterocycles. The predicted molar refractivity (Wildman–Crippen MR) is 71.7 cm³/mol. The Hall–Kier alpha value is -2.96. The van der Waals surface area contributed by atoms with Gasteiger partial charge in [-0.25, -0.2) is 14.2 Å². The Morgan fingerprint density at radius 2 is 1.90 bits per heavy atom. The van der Waals surface area contributed by atoms with Crippen molar-refractivity contribution in [2.24, 2.45) is 0 Å². The fourth-order valence-electron chi connectivity index (χ4n) is 1.47. The summed E-state index contributed by atoms with van der Waals surface area (Å²) in [7, 11) is 0. The molecular formula is C14H11FN2O4. The summed E-state index contributed by atoms with van der Waals surface area (Å²) in [5, 5.41) is 11.2. The maximum atomic E-state index is 12.7. The van der Waals surface area contributed by atoms with Crippen LogP contribution in [0, 0.1) is 5.82 Å². The van der Waals surface area contributed by atoms with E-state index < -0.39 is 17.7 Å². The Morgan fingerprint density at radius 1 is 1.19 bits per heavy atom. The number of carboxylic acid groups (broad SMARTS) is 1. The van der Waals surface area contributed by atoms with Crippen LogP contribution < -0.4 is 10.1 Å². The Kier molecular flexibility index (Phi) is 4.45. The van der Waals surface area contributed by atoms with Crippen molar-refractivity contribution in [2.45, 2.75) is 0 Å². The number of rotatable bonds is 5. The van der Waals surface area contributed by atoms with Crippen molar-refractivity contribution in [1.82, 2.24) is 4.98 Å². The van der Waals surface area contributed by atoms with Crippen LogP contribution in [0.25, 0.3) is 0 Å². The first kappa shape index (κ1) is 14.4. The second kappa shape index (κ2) is 6.47. The molecule has 2 N–H and O–H groups in total. The van der Waals surface area contributed by atoms with Crippen molar-refractivity contribution in [2.75, 3.05) is 11.9 Å².